The molecule has 1 heterocycles. The summed E-state index contributed by atoms with van der Waals surface area (Å²) in [4.78, 5) is 39.1. The first-order chi connectivity index (χ1) is 14.4. The Kier molecular flexibility index (Phi) is 7.22. The molecule has 0 fully saturated rings. The number of benzene rings is 2. The lowest BCUT2D eigenvalue weighted by atomic mass is 10.00. The third-order valence-corrected chi connectivity index (χ3v) is 5.27. The minimum atomic E-state index is -0.795. The van der Waals surface area contributed by atoms with E-state index in [0.29, 0.717) is 13.1 Å². The molecular formula is C24H28N2O4. The van der Waals surface area contributed by atoms with Gasteiger partial charge in [0, 0.05) is 13.1 Å². The molecule has 0 aromatic heterocycles. The molecule has 2 amide bonds. The highest BCUT2D eigenvalue weighted by molar-refractivity contribution is 5.87. The van der Waals surface area contributed by atoms with Crippen LogP contribution in [0.3, 0.4) is 0 Å². The monoisotopic (exact) mass is 408 g/mol. The average Bonchev–Trinajstić information content (AvgIpc) is 2.75. The molecule has 6 nitrogen and oxygen atoms in total. The Morgan fingerprint density at radius 1 is 1.00 bits per heavy atom. The molecule has 2 aromatic rings. The molecule has 0 saturated carbocycles. The Bertz CT molecular complexity index is 895. The molecule has 0 spiro atoms. The van der Waals surface area contributed by atoms with Crippen molar-refractivity contribution in [3.05, 3.63) is 71.3 Å². The van der Waals surface area contributed by atoms with Gasteiger partial charge in [-0.05, 0) is 29.0 Å². The van der Waals surface area contributed by atoms with Crippen LogP contribution in [0.25, 0.3) is 0 Å². The van der Waals surface area contributed by atoms with Crippen LogP contribution in [-0.2, 0) is 38.5 Å². The highest BCUT2D eigenvalue weighted by Crippen LogP contribution is 2.18. The zero-order valence-electron chi connectivity index (χ0n) is 17.5. The van der Waals surface area contributed by atoms with Gasteiger partial charge < -0.3 is 15.0 Å². The smallest absolute Gasteiger partial charge is 0.329 e. The zero-order valence-corrected chi connectivity index (χ0v) is 17.5. The number of fused-ring (bicyclic) bond motifs is 1. The van der Waals surface area contributed by atoms with Gasteiger partial charge in [0.1, 0.15) is 6.04 Å². The van der Waals surface area contributed by atoms with E-state index in [0.717, 1.165) is 17.5 Å². The largest absolute Gasteiger partial charge is 0.454 e. The molecule has 30 heavy (non-hydrogen) atoms. The van der Waals surface area contributed by atoms with E-state index in [4.69, 9.17) is 4.74 Å². The van der Waals surface area contributed by atoms with Crippen molar-refractivity contribution in [1.29, 1.82) is 0 Å². The lowest BCUT2D eigenvalue weighted by Gasteiger charge is -2.29. The highest BCUT2D eigenvalue weighted by Gasteiger charge is 2.27. The van der Waals surface area contributed by atoms with Crippen molar-refractivity contribution in [3.63, 3.8) is 0 Å². The third kappa shape index (κ3) is 5.69. The van der Waals surface area contributed by atoms with E-state index in [2.05, 4.69) is 11.4 Å². The number of carbonyl (C=O) groups excluding carboxylic acids is 3. The van der Waals surface area contributed by atoms with Gasteiger partial charge in [-0.2, -0.15) is 0 Å². The SMILES string of the molecule is CC(C)C(NC(=O)Cc1ccccc1)C(=O)OCC(=O)N1CCc2ccccc2C1. The zero-order chi connectivity index (χ0) is 21.5. The van der Waals surface area contributed by atoms with Gasteiger partial charge >= 0.3 is 5.97 Å². The first-order valence-electron chi connectivity index (χ1n) is 10.3. The summed E-state index contributed by atoms with van der Waals surface area (Å²) >= 11 is 0. The Hall–Kier alpha value is -3.15. The molecule has 6 heteroatoms. The molecule has 158 valence electrons. The van der Waals surface area contributed by atoms with E-state index in [1.54, 1.807) is 4.90 Å². The van der Waals surface area contributed by atoms with E-state index in [1.165, 1.54) is 5.56 Å². The molecule has 1 unspecified atom stereocenters. The normalized spacial score (nSPS) is 14.0. The number of esters is 1. The van der Waals surface area contributed by atoms with Crippen molar-refractivity contribution < 1.29 is 19.1 Å². The molecule has 1 aliphatic rings. The van der Waals surface area contributed by atoms with Crippen LogP contribution in [0, 0.1) is 5.92 Å². The van der Waals surface area contributed by atoms with Crippen LogP contribution in [0.5, 0.6) is 0 Å². The summed E-state index contributed by atoms with van der Waals surface area (Å²) in [5.74, 6) is -1.22. The maximum absolute atomic E-state index is 12.6. The molecular weight excluding hydrogens is 380 g/mol. The molecule has 0 radical (unpaired) electrons. The van der Waals surface area contributed by atoms with Crippen LogP contribution >= 0.6 is 0 Å². The topological polar surface area (TPSA) is 75.7 Å². The lowest BCUT2D eigenvalue weighted by Crippen LogP contribution is -2.47. The van der Waals surface area contributed by atoms with E-state index in [9.17, 15) is 14.4 Å². The van der Waals surface area contributed by atoms with E-state index < -0.39 is 12.0 Å². The molecule has 0 bridgehead atoms. The minimum absolute atomic E-state index is 0.158. The first-order valence-corrected chi connectivity index (χ1v) is 10.3. The van der Waals surface area contributed by atoms with Crippen molar-refractivity contribution in [2.75, 3.05) is 13.2 Å². The highest BCUT2D eigenvalue weighted by atomic mass is 16.5. The fourth-order valence-electron chi connectivity index (χ4n) is 3.53. The predicted octanol–water partition coefficient (Wildman–Crippen LogP) is 2.50. The van der Waals surface area contributed by atoms with Gasteiger partial charge in [0.2, 0.25) is 5.91 Å². The van der Waals surface area contributed by atoms with Gasteiger partial charge in [0.15, 0.2) is 6.61 Å². The number of carbonyl (C=O) groups is 3. The number of rotatable bonds is 7. The van der Waals surface area contributed by atoms with Crippen LogP contribution < -0.4 is 5.32 Å². The summed E-state index contributed by atoms with van der Waals surface area (Å²) in [7, 11) is 0. The van der Waals surface area contributed by atoms with Gasteiger partial charge in [-0.25, -0.2) is 4.79 Å². The molecule has 1 atom stereocenters. The predicted molar refractivity (Wildman–Crippen MR) is 113 cm³/mol. The Labute approximate surface area is 177 Å². The fraction of sp³-hybridized carbons (Fsp3) is 0.375. The van der Waals surface area contributed by atoms with E-state index in [1.807, 2.05) is 62.4 Å². The van der Waals surface area contributed by atoms with E-state index >= 15 is 0 Å². The molecule has 1 aliphatic heterocycles. The average molecular weight is 408 g/mol. The molecule has 1 N–H and O–H groups in total. The van der Waals surface area contributed by atoms with Crippen molar-refractivity contribution in [3.8, 4) is 0 Å². The van der Waals surface area contributed by atoms with Crippen LogP contribution in [0.4, 0.5) is 0 Å². The van der Waals surface area contributed by atoms with Gasteiger partial charge in [-0.3, -0.25) is 9.59 Å². The third-order valence-electron chi connectivity index (χ3n) is 5.27. The van der Waals surface area contributed by atoms with Crippen LogP contribution in [0.1, 0.15) is 30.5 Å². The first kappa shape index (κ1) is 21.6. The summed E-state index contributed by atoms with van der Waals surface area (Å²) in [6.07, 6.45) is 0.976. The summed E-state index contributed by atoms with van der Waals surface area (Å²) in [5.41, 5.74) is 3.24. The van der Waals surface area contributed by atoms with Crippen LogP contribution in [0.2, 0.25) is 0 Å². The maximum Gasteiger partial charge on any atom is 0.329 e. The second-order valence-corrected chi connectivity index (χ2v) is 7.89. The Morgan fingerprint density at radius 3 is 2.37 bits per heavy atom. The van der Waals surface area contributed by atoms with Crippen molar-refractivity contribution in [1.82, 2.24) is 10.2 Å². The molecule has 0 saturated heterocycles. The van der Waals surface area contributed by atoms with Crippen molar-refractivity contribution >= 4 is 17.8 Å². The van der Waals surface area contributed by atoms with Crippen LogP contribution in [0.15, 0.2) is 54.6 Å². The minimum Gasteiger partial charge on any atom is -0.454 e. The fourth-order valence-corrected chi connectivity index (χ4v) is 3.53. The van der Waals surface area contributed by atoms with Gasteiger partial charge in [-0.1, -0.05) is 68.4 Å². The number of nitrogens with one attached hydrogen (secondary N) is 1. The summed E-state index contributed by atoms with van der Waals surface area (Å²) in [6.45, 7) is 4.47. The van der Waals surface area contributed by atoms with Crippen molar-refractivity contribution in [2.24, 2.45) is 5.92 Å². The number of hydrogen-bond donors (Lipinski definition) is 1. The quantitative estimate of drug-likeness (QED) is 0.715. The van der Waals surface area contributed by atoms with Crippen LogP contribution in [-0.4, -0.2) is 41.9 Å². The van der Waals surface area contributed by atoms with Gasteiger partial charge in [0.05, 0.1) is 6.42 Å². The van der Waals surface area contributed by atoms with Gasteiger partial charge in [0.25, 0.3) is 5.91 Å². The summed E-state index contributed by atoms with van der Waals surface area (Å²) < 4.78 is 5.27. The summed E-state index contributed by atoms with van der Waals surface area (Å²) in [5, 5.41) is 2.74. The molecule has 0 aliphatic carbocycles. The number of nitrogens with zero attached hydrogens (tertiary/aromatic N) is 1. The van der Waals surface area contributed by atoms with E-state index in [-0.39, 0.29) is 30.8 Å². The number of hydrogen-bond acceptors (Lipinski definition) is 4. The lowest BCUT2D eigenvalue weighted by molar-refractivity contribution is -0.155. The second-order valence-electron chi connectivity index (χ2n) is 7.89. The maximum atomic E-state index is 12.6. The molecule has 3 rings (SSSR count). The van der Waals surface area contributed by atoms with Gasteiger partial charge in [-0.15, -0.1) is 0 Å². The second kappa shape index (κ2) is 10.1. The standard InChI is InChI=1S/C24H28N2O4/c1-17(2)23(25-21(27)14-18-8-4-3-5-9-18)24(29)30-16-22(28)26-13-12-19-10-6-7-11-20(19)15-26/h3-11,17,23H,12-16H2,1-2H3,(H,25,27). The van der Waals surface area contributed by atoms with Crippen molar-refractivity contribution in [2.45, 2.75) is 39.3 Å². The summed E-state index contributed by atoms with van der Waals surface area (Å²) in [6, 6.07) is 16.6. The Morgan fingerprint density at radius 2 is 1.67 bits per heavy atom. The number of amides is 2. The number of ether oxygens (including phenoxy) is 1. The Balaban J connectivity index is 1.51. The molecule has 2 aromatic carbocycles.